The topological polar surface area (TPSA) is 70.6 Å². The SMILES string of the molecule is N/C(=N/O)C(CNc1cccc(F)c1)C(F)(F)F. The van der Waals surface area contributed by atoms with Crippen LogP contribution in [0, 0.1) is 11.7 Å². The summed E-state index contributed by atoms with van der Waals surface area (Å²) in [7, 11) is 0. The van der Waals surface area contributed by atoms with E-state index in [1.54, 1.807) is 0 Å². The molecule has 1 rings (SSSR count). The third-order valence-electron chi connectivity index (χ3n) is 2.20. The Kier molecular flexibility index (Phi) is 4.35. The van der Waals surface area contributed by atoms with Crippen LogP contribution in [0.3, 0.4) is 0 Å². The van der Waals surface area contributed by atoms with Crippen molar-refractivity contribution >= 4 is 11.5 Å². The van der Waals surface area contributed by atoms with Gasteiger partial charge in [-0.1, -0.05) is 11.2 Å². The maximum atomic E-state index is 12.8. The number of nitrogens with zero attached hydrogens (tertiary/aromatic N) is 1. The summed E-state index contributed by atoms with van der Waals surface area (Å²) in [6.07, 6.45) is -4.66. The van der Waals surface area contributed by atoms with Crippen molar-refractivity contribution in [3.8, 4) is 0 Å². The monoisotopic (exact) mass is 265 g/mol. The highest BCUT2D eigenvalue weighted by molar-refractivity contribution is 5.83. The van der Waals surface area contributed by atoms with Crippen molar-refractivity contribution in [3.05, 3.63) is 30.1 Å². The van der Waals surface area contributed by atoms with Crippen LogP contribution in [-0.2, 0) is 0 Å². The summed E-state index contributed by atoms with van der Waals surface area (Å²) in [5.41, 5.74) is 5.14. The maximum absolute atomic E-state index is 12.8. The van der Waals surface area contributed by atoms with Crippen molar-refractivity contribution in [3.63, 3.8) is 0 Å². The van der Waals surface area contributed by atoms with Crippen LogP contribution in [0.15, 0.2) is 29.4 Å². The Morgan fingerprint density at radius 3 is 2.61 bits per heavy atom. The minimum atomic E-state index is -4.66. The first-order chi connectivity index (χ1) is 8.34. The molecule has 0 saturated heterocycles. The van der Waals surface area contributed by atoms with Crippen LogP contribution in [0.4, 0.5) is 23.2 Å². The molecule has 0 amide bonds. The van der Waals surface area contributed by atoms with Gasteiger partial charge in [0.2, 0.25) is 0 Å². The molecule has 1 aromatic rings. The van der Waals surface area contributed by atoms with Crippen LogP contribution < -0.4 is 11.1 Å². The summed E-state index contributed by atoms with van der Waals surface area (Å²) < 4.78 is 50.5. The number of nitrogens with two attached hydrogens (primary N) is 1. The molecule has 0 fully saturated rings. The molecule has 0 spiro atoms. The zero-order chi connectivity index (χ0) is 13.8. The van der Waals surface area contributed by atoms with E-state index in [1.165, 1.54) is 12.1 Å². The van der Waals surface area contributed by atoms with Crippen LogP contribution >= 0.6 is 0 Å². The highest BCUT2D eigenvalue weighted by atomic mass is 19.4. The molecule has 0 aliphatic carbocycles. The Labute approximate surface area is 100 Å². The molecule has 0 aliphatic heterocycles. The molecule has 0 aliphatic rings. The molecule has 0 bridgehead atoms. The van der Waals surface area contributed by atoms with Gasteiger partial charge in [-0.25, -0.2) is 4.39 Å². The van der Waals surface area contributed by atoms with Gasteiger partial charge in [-0.3, -0.25) is 0 Å². The van der Waals surface area contributed by atoms with Gasteiger partial charge in [0.05, 0.1) is 0 Å². The molecule has 8 heteroatoms. The first-order valence-corrected chi connectivity index (χ1v) is 4.88. The van der Waals surface area contributed by atoms with Gasteiger partial charge in [-0.15, -0.1) is 0 Å². The van der Waals surface area contributed by atoms with E-state index in [2.05, 4.69) is 10.5 Å². The van der Waals surface area contributed by atoms with Gasteiger partial charge in [-0.2, -0.15) is 13.2 Å². The summed E-state index contributed by atoms with van der Waals surface area (Å²) in [5.74, 6) is -3.68. The standard InChI is InChI=1S/C10H11F4N3O/c11-6-2-1-3-7(4-6)16-5-8(9(15)17-18)10(12,13)14/h1-4,8,16,18H,5H2,(H2,15,17). The van der Waals surface area contributed by atoms with Crippen LogP contribution in [0.5, 0.6) is 0 Å². The van der Waals surface area contributed by atoms with Crippen LogP contribution in [-0.4, -0.2) is 23.8 Å². The highest BCUT2D eigenvalue weighted by Gasteiger charge is 2.42. The Morgan fingerprint density at radius 2 is 2.11 bits per heavy atom. The largest absolute Gasteiger partial charge is 0.409 e. The lowest BCUT2D eigenvalue weighted by Crippen LogP contribution is -2.40. The molecular weight excluding hydrogens is 254 g/mol. The molecule has 1 unspecified atom stereocenters. The molecular formula is C10H11F4N3O. The summed E-state index contributed by atoms with van der Waals surface area (Å²) in [4.78, 5) is 0. The zero-order valence-electron chi connectivity index (χ0n) is 9.08. The number of oxime groups is 1. The van der Waals surface area contributed by atoms with Crippen LogP contribution in [0.1, 0.15) is 0 Å². The van der Waals surface area contributed by atoms with Gasteiger partial charge in [0.1, 0.15) is 11.7 Å². The van der Waals surface area contributed by atoms with Gasteiger partial charge in [0.25, 0.3) is 0 Å². The number of alkyl halides is 3. The van der Waals surface area contributed by atoms with E-state index in [1.807, 2.05) is 0 Å². The van der Waals surface area contributed by atoms with E-state index in [9.17, 15) is 17.6 Å². The van der Waals surface area contributed by atoms with E-state index < -0.39 is 30.3 Å². The fourth-order valence-electron chi connectivity index (χ4n) is 1.28. The Morgan fingerprint density at radius 1 is 1.44 bits per heavy atom. The smallest absolute Gasteiger partial charge is 0.400 e. The second-order valence-electron chi connectivity index (χ2n) is 3.51. The van der Waals surface area contributed by atoms with E-state index in [0.717, 1.165) is 12.1 Å². The number of hydrogen-bond donors (Lipinski definition) is 3. The number of hydrogen-bond acceptors (Lipinski definition) is 3. The number of rotatable bonds is 4. The first kappa shape index (κ1) is 14.1. The number of anilines is 1. The van der Waals surface area contributed by atoms with Gasteiger partial charge in [0.15, 0.2) is 5.84 Å². The van der Waals surface area contributed by atoms with Gasteiger partial charge in [0, 0.05) is 12.2 Å². The predicted octanol–water partition coefficient (Wildman–Crippen LogP) is 2.16. The fraction of sp³-hybridized carbons (Fsp3) is 0.300. The van der Waals surface area contributed by atoms with Crippen molar-refractivity contribution in [1.82, 2.24) is 0 Å². The Balaban J connectivity index is 2.75. The van der Waals surface area contributed by atoms with Crippen molar-refractivity contribution < 1.29 is 22.8 Å². The summed E-state index contributed by atoms with van der Waals surface area (Å²) in [6, 6.07) is 4.96. The third kappa shape index (κ3) is 3.79. The predicted molar refractivity (Wildman–Crippen MR) is 57.8 cm³/mol. The number of benzene rings is 1. The van der Waals surface area contributed by atoms with E-state index in [4.69, 9.17) is 10.9 Å². The molecule has 4 nitrogen and oxygen atoms in total. The lowest BCUT2D eigenvalue weighted by atomic mass is 10.1. The van der Waals surface area contributed by atoms with Gasteiger partial charge in [-0.05, 0) is 18.2 Å². The number of halogens is 4. The number of amidine groups is 1. The molecule has 0 heterocycles. The quantitative estimate of drug-likeness (QED) is 0.257. The molecule has 0 saturated carbocycles. The minimum Gasteiger partial charge on any atom is -0.409 e. The molecule has 4 N–H and O–H groups in total. The van der Waals surface area contributed by atoms with Crippen LogP contribution in [0.2, 0.25) is 0 Å². The van der Waals surface area contributed by atoms with Crippen molar-refractivity contribution in [2.24, 2.45) is 16.8 Å². The second kappa shape index (κ2) is 5.56. The fourth-order valence-corrected chi connectivity index (χ4v) is 1.28. The maximum Gasteiger partial charge on any atom is 0.400 e. The molecule has 18 heavy (non-hydrogen) atoms. The molecule has 1 aromatic carbocycles. The van der Waals surface area contributed by atoms with Crippen molar-refractivity contribution in [2.75, 3.05) is 11.9 Å². The second-order valence-corrected chi connectivity index (χ2v) is 3.51. The van der Waals surface area contributed by atoms with Gasteiger partial charge < -0.3 is 16.3 Å². The molecule has 1 atom stereocenters. The minimum absolute atomic E-state index is 0.176. The lowest BCUT2D eigenvalue weighted by molar-refractivity contribution is -0.152. The summed E-state index contributed by atoms with van der Waals surface area (Å²) in [6.45, 7) is -0.650. The lowest BCUT2D eigenvalue weighted by Gasteiger charge is -2.19. The average molecular weight is 265 g/mol. The molecule has 0 aromatic heterocycles. The van der Waals surface area contributed by atoms with Crippen molar-refractivity contribution in [1.29, 1.82) is 0 Å². The van der Waals surface area contributed by atoms with E-state index >= 15 is 0 Å². The zero-order valence-corrected chi connectivity index (χ0v) is 9.08. The average Bonchev–Trinajstić information content (AvgIpc) is 2.27. The summed E-state index contributed by atoms with van der Waals surface area (Å²) in [5, 5.41) is 13.0. The van der Waals surface area contributed by atoms with Crippen molar-refractivity contribution in [2.45, 2.75) is 6.18 Å². The van der Waals surface area contributed by atoms with E-state index in [0.29, 0.717) is 0 Å². The number of nitrogens with one attached hydrogen (secondary N) is 1. The molecule has 0 radical (unpaired) electrons. The van der Waals surface area contributed by atoms with E-state index in [-0.39, 0.29) is 5.69 Å². The van der Waals surface area contributed by atoms with Crippen LogP contribution in [0.25, 0.3) is 0 Å². The Hall–Kier alpha value is -1.99. The first-order valence-electron chi connectivity index (χ1n) is 4.88. The molecule has 100 valence electrons. The Bertz CT molecular complexity index is 433. The third-order valence-corrected chi connectivity index (χ3v) is 2.20. The summed E-state index contributed by atoms with van der Waals surface area (Å²) >= 11 is 0. The normalized spacial score (nSPS) is 14.3. The highest BCUT2D eigenvalue weighted by Crippen LogP contribution is 2.26. The van der Waals surface area contributed by atoms with Gasteiger partial charge >= 0.3 is 6.18 Å².